The van der Waals surface area contributed by atoms with E-state index in [-0.39, 0.29) is 12.1 Å². The molecule has 18 heavy (non-hydrogen) atoms. The Balaban J connectivity index is 2.45. The fourth-order valence-electron chi connectivity index (χ4n) is 1.86. The lowest BCUT2D eigenvalue weighted by Gasteiger charge is -2.30. The number of amides is 1. The van der Waals surface area contributed by atoms with E-state index in [4.69, 9.17) is 9.57 Å². The van der Waals surface area contributed by atoms with Gasteiger partial charge in [0, 0.05) is 20.1 Å². The number of ether oxygens (including phenoxy) is 1. The molecule has 5 heteroatoms. The molecule has 0 bridgehead atoms. The lowest BCUT2D eigenvalue weighted by molar-refractivity contribution is -0.140. The second-order valence-electron chi connectivity index (χ2n) is 5.34. The normalized spacial score (nSPS) is 21.1. The summed E-state index contributed by atoms with van der Waals surface area (Å²) in [5.74, 6) is 0. The molecule has 1 fully saturated rings. The molecule has 5 nitrogen and oxygen atoms in total. The van der Waals surface area contributed by atoms with Crippen LogP contribution in [-0.2, 0) is 9.57 Å². The predicted molar refractivity (Wildman–Crippen MR) is 70.2 cm³/mol. The van der Waals surface area contributed by atoms with Crippen LogP contribution >= 0.6 is 0 Å². The SMILES string of the molecule is CCON1CCC(N(C)C(=O)OC(C)(C)CC)C1. The number of hydrogen-bond donors (Lipinski definition) is 0. The Labute approximate surface area is 110 Å². The Kier molecular flexibility index (Phi) is 5.41. The minimum absolute atomic E-state index is 0.178. The number of hydrogen-bond acceptors (Lipinski definition) is 4. The molecule has 1 atom stereocenters. The predicted octanol–water partition coefficient (Wildman–Crippen LogP) is 2.27. The van der Waals surface area contributed by atoms with Crippen molar-refractivity contribution in [2.24, 2.45) is 0 Å². The van der Waals surface area contributed by atoms with Crippen LogP contribution in [-0.4, -0.2) is 54.4 Å². The highest BCUT2D eigenvalue weighted by Crippen LogP contribution is 2.19. The van der Waals surface area contributed by atoms with Crippen LogP contribution in [0.3, 0.4) is 0 Å². The van der Waals surface area contributed by atoms with E-state index in [9.17, 15) is 4.79 Å². The molecule has 1 amide bonds. The Morgan fingerprint density at radius 2 is 2.11 bits per heavy atom. The summed E-state index contributed by atoms with van der Waals surface area (Å²) in [7, 11) is 1.80. The quantitative estimate of drug-likeness (QED) is 0.758. The molecule has 0 aromatic rings. The van der Waals surface area contributed by atoms with Crippen molar-refractivity contribution >= 4 is 6.09 Å². The molecule has 1 saturated heterocycles. The van der Waals surface area contributed by atoms with Crippen molar-refractivity contribution in [1.29, 1.82) is 0 Å². The van der Waals surface area contributed by atoms with Gasteiger partial charge in [-0.1, -0.05) is 6.92 Å². The second kappa shape index (κ2) is 6.38. The molecule has 0 aromatic heterocycles. The maximum atomic E-state index is 12.0. The van der Waals surface area contributed by atoms with E-state index in [1.54, 1.807) is 11.9 Å². The molecule has 0 radical (unpaired) electrons. The van der Waals surface area contributed by atoms with Gasteiger partial charge in [-0.05, 0) is 33.6 Å². The second-order valence-corrected chi connectivity index (χ2v) is 5.34. The van der Waals surface area contributed by atoms with Crippen molar-refractivity contribution in [1.82, 2.24) is 9.96 Å². The van der Waals surface area contributed by atoms with Gasteiger partial charge in [-0.25, -0.2) is 4.79 Å². The van der Waals surface area contributed by atoms with E-state index in [1.807, 2.05) is 32.8 Å². The number of hydroxylamine groups is 2. The van der Waals surface area contributed by atoms with Crippen LogP contribution in [0.1, 0.15) is 40.5 Å². The van der Waals surface area contributed by atoms with E-state index in [0.717, 1.165) is 25.9 Å². The van der Waals surface area contributed by atoms with Crippen LogP contribution in [0.2, 0.25) is 0 Å². The van der Waals surface area contributed by atoms with Crippen LogP contribution in [0.15, 0.2) is 0 Å². The first-order valence-corrected chi connectivity index (χ1v) is 6.73. The smallest absolute Gasteiger partial charge is 0.410 e. The van der Waals surface area contributed by atoms with E-state index < -0.39 is 5.60 Å². The molecule has 1 unspecified atom stereocenters. The molecule has 106 valence electrons. The fraction of sp³-hybridized carbons (Fsp3) is 0.923. The first-order valence-electron chi connectivity index (χ1n) is 6.73. The summed E-state index contributed by atoms with van der Waals surface area (Å²) in [6, 6.07) is 0.178. The molecule has 0 aromatic carbocycles. The Bertz CT molecular complexity index is 281. The first kappa shape index (κ1) is 15.2. The zero-order chi connectivity index (χ0) is 13.8. The summed E-state index contributed by atoms with van der Waals surface area (Å²) >= 11 is 0. The molecule has 1 rings (SSSR count). The zero-order valence-electron chi connectivity index (χ0n) is 12.2. The van der Waals surface area contributed by atoms with Crippen molar-refractivity contribution in [3.8, 4) is 0 Å². The first-order chi connectivity index (χ1) is 8.39. The third kappa shape index (κ3) is 4.14. The topological polar surface area (TPSA) is 42.0 Å². The van der Waals surface area contributed by atoms with Gasteiger partial charge in [0.25, 0.3) is 0 Å². The van der Waals surface area contributed by atoms with Crippen LogP contribution in [0, 0.1) is 0 Å². The summed E-state index contributed by atoms with van der Waals surface area (Å²) in [6.45, 7) is 10.1. The Morgan fingerprint density at radius 1 is 1.44 bits per heavy atom. The molecule has 0 N–H and O–H groups in total. The lowest BCUT2D eigenvalue weighted by atomic mass is 10.1. The van der Waals surface area contributed by atoms with E-state index in [2.05, 4.69) is 0 Å². The van der Waals surface area contributed by atoms with Gasteiger partial charge in [-0.2, -0.15) is 5.06 Å². The van der Waals surface area contributed by atoms with Gasteiger partial charge in [0.15, 0.2) is 0 Å². The van der Waals surface area contributed by atoms with Crippen LogP contribution in [0.4, 0.5) is 4.79 Å². The number of rotatable bonds is 5. The molecule has 1 aliphatic rings. The highest BCUT2D eigenvalue weighted by atomic mass is 16.7. The maximum absolute atomic E-state index is 12.0. The molecule has 0 saturated carbocycles. The number of carbonyl (C=O) groups excluding carboxylic acids is 1. The fourth-order valence-corrected chi connectivity index (χ4v) is 1.86. The molecular weight excluding hydrogens is 232 g/mol. The van der Waals surface area contributed by atoms with Crippen LogP contribution in [0.5, 0.6) is 0 Å². The van der Waals surface area contributed by atoms with Gasteiger partial charge in [-0.15, -0.1) is 0 Å². The number of likely N-dealkylation sites (N-methyl/N-ethyl adjacent to an activating group) is 1. The highest BCUT2D eigenvalue weighted by molar-refractivity contribution is 5.68. The van der Waals surface area contributed by atoms with Crippen molar-refractivity contribution < 1.29 is 14.4 Å². The third-order valence-corrected chi connectivity index (χ3v) is 3.49. The van der Waals surface area contributed by atoms with Crippen molar-refractivity contribution in [3.05, 3.63) is 0 Å². The van der Waals surface area contributed by atoms with Gasteiger partial charge in [-0.3, -0.25) is 4.84 Å². The van der Waals surface area contributed by atoms with Crippen LogP contribution < -0.4 is 0 Å². The van der Waals surface area contributed by atoms with Crippen molar-refractivity contribution in [3.63, 3.8) is 0 Å². The summed E-state index contributed by atoms with van der Waals surface area (Å²) in [4.78, 5) is 19.1. The Morgan fingerprint density at radius 3 is 2.67 bits per heavy atom. The van der Waals surface area contributed by atoms with E-state index >= 15 is 0 Å². The number of carbonyl (C=O) groups is 1. The highest BCUT2D eigenvalue weighted by Gasteiger charge is 2.31. The monoisotopic (exact) mass is 258 g/mol. The summed E-state index contributed by atoms with van der Waals surface area (Å²) in [6.07, 6.45) is 1.49. The molecule has 0 spiro atoms. The van der Waals surface area contributed by atoms with E-state index in [1.165, 1.54) is 0 Å². The third-order valence-electron chi connectivity index (χ3n) is 3.49. The Hall–Kier alpha value is -0.810. The molecule has 1 aliphatic heterocycles. The molecule has 0 aliphatic carbocycles. The zero-order valence-corrected chi connectivity index (χ0v) is 12.2. The van der Waals surface area contributed by atoms with Crippen molar-refractivity contribution in [2.75, 3.05) is 26.7 Å². The number of nitrogens with zero attached hydrogens (tertiary/aromatic N) is 2. The van der Waals surface area contributed by atoms with Gasteiger partial charge in [0.1, 0.15) is 5.60 Å². The summed E-state index contributed by atoms with van der Waals surface area (Å²) in [5.41, 5.74) is -0.399. The summed E-state index contributed by atoms with van der Waals surface area (Å²) < 4.78 is 5.48. The van der Waals surface area contributed by atoms with Gasteiger partial charge >= 0.3 is 6.09 Å². The molecule has 1 heterocycles. The van der Waals surface area contributed by atoms with Gasteiger partial charge in [0.2, 0.25) is 0 Å². The lowest BCUT2D eigenvalue weighted by Crippen LogP contribution is -2.42. The maximum Gasteiger partial charge on any atom is 0.410 e. The minimum atomic E-state index is -0.399. The van der Waals surface area contributed by atoms with Gasteiger partial charge in [0.05, 0.1) is 12.6 Å². The van der Waals surface area contributed by atoms with Crippen molar-refractivity contribution in [2.45, 2.75) is 52.2 Å². The van der Waals surface area contributed by atoms with E-state index in [0.29, 0.717) is 6.61 Å². The standard InChI is InChI=1S/C13H26N2O3/c1-6-13(3,4)18-12(16)14(5)11-8-9-15(10-11)17-7-2/h11H,6-10H2,1-5H3. The largest absolute Gasteiger partial charge is 0.443 e. The van der Waals surface area contributed by atoms with Gasteiger partial charge < -0.3 is 9.64 Å². The average Bonchev–Trinajstić information content (AvgIpc) is 2.76. The minimum Gasteiger partial charge on any atom is -0.443 e. The average molecular weight is 258 g/mol. The molecular formula is C13H26N2O3. The van der Waals surface area contributed by atoms with Crippen LogP contribution in [0.25, 0.3) is 0 Å². The summed E-state index contributed by atoms with van der Waals surface area (Å²) in [5, 5.41) is 1.92.